The number of fused-ring (bicyclic) bond motifs is 1. The van der Waals surface area contributed by atoms with Crippen LogP contribution in [0.15, 0.2) is 82.1 Å². The van der Waals surface area contributed by atoms with E-state index >= 15 is 0 Å². The molecule has 0 aliphatic carbocycles. The average molecular weight is 587 g/mol. The number of nitrogens with zero attached hydrogens (tertiary/aromatic N) is 3. The van der Waals surface area contributed by atoms with E-state index in [0.29, 0.717) is 16.8 Å². The normalized spacial score (nSPS) is 11.6. The number of carbonyl (C=O) groups is 2. The van der Waals surface area contributed by atoms with Crippen LogP contribution in [0.1, 0.15) is 43.1 Å². The number of pyridine rings is 1. The number of hydrogen-bond acceptors (Lipinski definition) is 9. The summed E-state index contributed by atoms with van der Waals surface area (Å²) in [7, 11) is 0. The molecule has 0 aliphatic heterocycles. The highest BCUT2D eigenvalue weighted by atomic mass is 16.6. The van der Waals surface area contributed by atoms with Crippen LogP contribution in [0.4, 0.5) is 11.4 Å². The number of benzene rings is 2. The number of carbonyl (C=O) groups excluding carboxylic acids is 2. The minimum Gasteiger partial charge on any atom is -0.422 e. The highest BCUT2D eigenvalue weighted by molar-refractivity contribution is 5.82. The van der Waals surface area contributed by atoms with Crippen molar-refractivity contribution in [1.82, 2.24) is 20.9 Å². The fourth-order valence-corrected chi connectivity index (χ4v) is 4.74. The van der Waals surface area contributed by atoms with Gasteiger partial charge in [-0.05, 0) is 44.2 Å². The fourth-order valence-electron chi connectivity index (χ4n) is 4.74. The van der Waals surface area contributed by atoms with Crippen molar-refractivity contribution in [2.75, 3.05) is 24.5 Å². The van der Waals surface area contributed by atoms with Gasteiger partial charge in [0, 0.05) is 49.0 Å². The number of hydrogen-bond donors (Lipinski definition) is 3. The number of nitro groups is 1. The van der Waals surface area contributed by atoms with Crippen LogP contribution < -0.4 is 26.5 Å². The van der Waals surface area contributed by atoms with E-state index in [1.165, 1.54) is 18.2 Å². The van der Waals surface area contributed by atoms with Crippen molar-refractivity contribution in [3.8, 4) is 0 Å². The van der Waals surface area contributed by atoms with Crippen molar-refractivity contribution in [1.29, 1.82) is 0 Å². The molecule has 12 heteroatoms. The summed E-state index contributed by atoms with van der Waals surface area (Å²) in [6.45, 7) is 5.78. The Morgan fingerprint density at radius 1 is 1.00 bits per heavy atom. The van der Waals surface area contributed by atoms with Crippen LogP contribution >= 0.6 is 0 Å². The molecule has 2 aromatic carbocycles. The van der Waals surface area contributed by atoms with Gasteiger partial charge in [-0.15, -0.1) is 0 Å². The lowest BCUT2D eigenvalue weighted by Crippen LogP contribution is -2.39. The van der Waals surface area contributed by atoms with Gasteiger partial charge in [0.15, 0.2) is 0 Å². The van der Waals surface area contributed by atoms with Crippen molar-refractivity contribution in [2.45, 2.75) is 39.4 Å². The largest absolute Gasteiger partial charge is 0.422 e. The zero-order chi connectivity index (χ0) is 30.8. The predicted molar refractivity (Wildman–Crippen MR) is 162 cm³/mol. The van der Waals surface area contributed by atoms with E-state index in [-0.39, 0.29) is 37.3 Å². The summed E-state index contributed by atoms with van der Waals surface area (Å²) >= 11 is 0. The van der Waals surface area contributed by atoms with E-state index in [1.54, 1.807) is 36.5 Å². The van der Waals surface area contributed by atoms with Gasteiger partial charge in [-0.2, -0.15) is 0 Å². The highest BCUT2D eigenvalue weighted by Gasteiger charge is 2.25. The Kier molecular flexibility index (Phi) is 10.5. The SMILES string of the molecule is CCN(CC)c1ccc2cc(CNCC(=O)NC(CC(=O)NCc3ccccn3)c3ccccc3[N+](=O)[O-])c(=O)oc2c1. The van der Waals surface area contributed by atoms with E-state index in [2.05, 4.69) is 39.7 Å². The fraction of sp³-hybridized carbons (Fsp3) is 0.290. The van der Waals surface area contributed by atoms with Gasteiger partial charge in [0.2, 0.25) is 11.8 Å². The number of rotatable bonds is 14. The maximum atomic E-state index is 12.9. The average Bonchev–Trinajstić information content (AvgIpc) is 3.01. The minimum atomic E-state index is -0.967. The van der Waals surface area contributed by atoms with Crippen LogP contribution in [0, 0.1) is 10.1 Å². The monoisotopic (exact) mass is 586 g/mol. The predicted octanol–water partition coefficient (Wildman–Crippen LogP) is 3.60. The third-order valence-electron chi connectivity index (χ3n) is 6.95. The molecule has 0 bridgehead atoms. The van der Waals surface area contributed by atoms with Crippen molar-refractivity contribution < 1.29 is 18.9 Å². The summed E-state index contributed by atoms with van der Waals surface area (Å²) in [5.41, 5.74) is 1.91. The quantitative estimate of drug-likeness (QED) is 0.114. The van der Waals surface area contributed by atoms with E-state index in [9.17, 15) is 24.5 Å². The standard InChI is InChI=1S/C31H34N6O6/c1-3-36(4-2)24-13-12-21-15-22(31(40)43-28(21)16-24)18-32-20-30(39)35-26(25-10-5-6-11-27(25)37(41)42)17-29(38)34-19-23-9-7-8-14-33-23/h5-16,26,32H,3-4,17-20H2,1-2H3,(H,34,38)(H,35,39). The molecule has 1 atom stereocenters. The Bertz CT molecular complexity index is 1640. The molecule has 0 saturated heterocycles. The lowest BCUT2D eigenvalue weighted by atomic mass is 10.0. The Morgan fingerprint density at radius 3 is 2.49 bits per heavy atom. The van der Waals surface area contributed by atoms with Gasteiger partial charge in [-0.25, -0.2) is 4.79 Å². The van der Waals surface area contributed by atoms with Gasteiger partial charge < -0.3 is 25.3 Å². The number of para-hydroxylation sites is 1. The molecule has 4 rings (SSSR count). The topological polar surface area (TPSA) is 160 Å². The Balaban J connectivity index is 1.41. The molecule has 0 saturated carbocycles. The molecule has 12 nitrogen and oxygen atoms in total. The summed E-state index contributed by atoms with van der Waals surface area (Å²) in [5.74, 6) is -0.922. The summed E-state index contributed by atoms with van der Waals surface area (Å²) in [6, 6.07) is 17.7. The summed E-state index contributed by atoms with van der Waals surface area (Å²) in [5, 5.41) is 20.8. The smallest absolute Gasteiger partial charge is 0.340 e. The van der Waals surface area contributed by atoms with Crippen LogP contribution in [-0.2, 0) is 22.7 Å². The first-order chi connectivity index (χ1) is 20.8. The van der Waals surface area contributed by atoms with Crippen LogP contribution in [0.5, 0.6) is 0 Å². The summed E-state index contributed by atoms with van der Waals surface area (Å²) in [6.07, 6.45) is 1.38. The molecule has 2 amide bonds. The number of nitrogens with one attached hydrogen (secondary N) is 3. The number of amides is 2. The van der Waals surface area contributed by atoms with Gasteiger partial charge in [-0.1, -0.05) is 24.3 Å². The third kappa shape index (κ3) is 8.23. The molecule has 0 aliphatic rings. The van der Waals surface area contributed by atoms with E-state index in [0.717, 1.165) is 24.2 Å². The van der Waals surface area contributed by atoms with Gasteiger partial charge in [0.1, 0.15) is 5.58 Å². The number of aromatic nitrogens is 1. The first-order valence-electron chi connectivity index (χ1n) is 14.0. The second kappa shape index (κ2) is 14.7. The lowest BCUT2D eigenvalue weighted by Gasteiger charge is -2.21. The second-order valence-electron chi connectivity index (χ2n) is 9.80. The molecule has 3 N–H and O–H groups in total. The molecule has 2 aromatic heterocycles. The minimum absolute atomic E-state index is 0.0597. The van der Waals surface area contributed by atoms with Crippen molar-refractivity contribution in [2.24, 2.45) is 0 Å². The third-order valence-corrected chi connectivity index (χ3v) is 6.95. The summed E-state index contributed by atoms with van der Waals surface area (Å²) in [4.78, 5) is 55.8. The first kappa shape index (κ1) is 30.8. The van der Waals surface area contributed by atoms with Crippen LogP contribution in [0.3, 0.4) is 0 Å². The van der Waals surface area contributed by atoms with Crippen LogP contribution in [0.25, 0.3) is 11.0 Å². The van der Waals surface area contributed by atoms with Crippen molar-refractivity contribution >= 4 is 34.2 Å². The molecule has 4 aromatic rings. The van der Waals surface area contributed by atoms with Crippen LogP contribution in [-0.4, -0.2) is 41.4 Å². The zero-order valence-electron chi connectivity index (χ0n) is 24.0. The Labute approximate surface area is 248 Å². The number of anilines is 1. The molecule has 2 heterocycles. The van der Waals surface area contributed by atoms with Gasteiger partial charge in [0.05, 0.1) is 47.3 Å². The second-order valence-corrected chi connectivity index (χ2v) is 9.80. The van der Waals surface area contributed by atoms with Crippen molar-refractivity contribution in [3.63, 3.8) is 0 Å². The molecule has 224 valence electrons. The van der Waals surface area contributed by atoms with Crippen LogP contribution in [0.2, 0.25) is 0 Å². The highest BCUT2D eigenvalue weighted by Crippen LogP contribution is 2.27. The lowest BCUT2D eigenvalue weighted by molar-refractivity contribution is -0.385. The zero-order valence-corrected chi connectivity index (χ0v) is 24.0. The number of nitro benzene ring substituents is 1. The maximum Gasteiger partial charge on any atom is 0.340 e. The maximum absolute atomic E-state index is 12.9. The van der Waals surface area contributed by atoms with E-state index in [4.69, 9.17) is 4.42 Å². The Hall–Kier alpha value is -5.10. The van der Waals surface area contributed by atoms with E-state index < -0.39 is 28.4 Å². The molecule has 43 heavy (non-hydrogen) atoms. The molecular formula is C31H34N6O6. The van der Waals surface area contributed by atoms with Gasteiger partial charge in [-0.3, -0.25) is 24.7 Å². The van der Waals surface area contributed by atoms with E-state index in [1.807, 2.05) is 18.2 Å². The summed E-state index contributed by atoms with van der Waals surface area (Å²) < 4.78 is 5.55. The molecular weight excluding hydrogens is 552 g/mol. The molecule has 1 unspecified atom stereocenters. The molecule has 0 radical (unpaired) electrons. The van der Waals surface area contributed by atoms with Crippen molar-refractivity contribution in [3.05, 3.63) is 110 Å². The molecule has 0 spiro atoms. The van der Waals surface area contributed by atoms with Gasteiger partial charge >= 0.3 is 5.63 Å². The Morgan fingerprint density at radius 2 is 1.77 bits per heavy atom. The first-order valence-corrected chi connectivity index (χ1v) is 14.0. The van der Waals surface area contributed by atoms with Gasteiger partial charge in [0.25, 0.3) is 5.69 Å². The molecule has 0 fully saturated rings.